The summed E-state index contributed by atoms with van der Waals surface area (Å²) in [5, 5.41) is 8.64. The Labute approximate surface area is 175 Å². The Bertz CT molecular complexity index is 1080. The van der Waals surface area contributed by atoms with Crippen molar-refractivity contribution in [3.05, 3.63) is 28.9 Å². The molecule has 2 aliphatic heterocycles. The highest BCUT2D eigenvalue weighted by Gasteiger charge is 2.34. The average molecular weight is 434 g/mol. The van der Waals surface area contributed by atoms with Crippen LogP contribution >= 0.6 is 0 Å². The van der Waals surface area contributed by atoms with E-state index in [-0.39, 0.29) is 23.5 Å². The molecule has 0 aromatic carbocycles. The van der Waals surface area contributed by atoms with Crippen LogP contribution in [-0.4, -0.2) is 71.8 Å². The van der Waals surface area contributed by atoms with Gasteiger partial charge >= 0.3 is 0 Å². The number of nitrogens with zero attached hydrogens (tertiary/aromatic N) is 5. The fourth-order valence-electron chi connectivity index (χ4n) is 4.68. The van der Waals surface area contributed by atoms with E-state index in [0.29, 0.717) is 44.2 Å². The van der Waals surface area contributed by atoms with Crippen molar-refractivity contribution in [3.63, 3.8) is 0 Å². The highest BCUT2D eigenvalue weighted by Crippen LogP contribution is 2.40. The van der Waals surface area contributed by atoms with Crippen LogP contribution in [0.2, 0.25) is 0 Å². The maximum Gasteiger partial charge on any atom is 0.276 e. The zero-order valence-corrected chi connectivity index (χ0v) is 18.2. The SMILES string of the molecule is Cc1nn([C@H]2CCS(=O)(=O)C2)c(C)c1N1CCN(C(=O)c2cc(C3CC3)on2)CC1. The molecule has 2 saturated heterocycles. The number of aryl methyl sites for hydroxylation is 1. The summed E-state index contributed by atoms with van der Waals surface area (Å²) < 4.78 is 31.0. The van der Waals surface area contributed by atoms with Crippen LogP contribution in [0.25, 0.3) is 0 Å². The molecule has 3 fully saturated rings. The van der Waals surface area contributed by atoms with E-state index < -0.39 is 9.84 Å². The van der Waals surface area contributed by atoms with Crippen LogP contribution in [0.15, 0.2) is 10.6 Å². The summed E-state index contributed by atoms with van der Waals surface area (Å²) in [5.41, 5.74) is 3.36. The predicted octanol–water partition coefficient (Wildman–Crippen LogP) is 1.69. The van der Waals surface area contributed by atoms with Gasteiger partial charge in [0.15, 0.2) is 15.5 Å². The highest BCUT2D eigenvalue weighted by atomic mass is 32.2. The second-order valence-electron chi connectivity index (χ2n) is 8.69. The molecule has 0 unspecified atom stereocenters. The molecule has 1 amide bonds. The summed E-state index contributed by atoms with van der Waals surface area (Å²) in [5.74, 6) is 1.58. The highest BCUT2D eigenvalue weighted by molar-refractivity contribution is 7.91. The standard InChI is InChI=1S/C20H27N5O4S/c1-13-19(14(2)25(21-13)16-5-10-30(27,28)12-16)23-6-8-24(9-7-23)20(26)17-11-18(29-22-17)15-3-4-15/h11,15-16H,3-10,12H2,1-2H3/t16-/m0/s1. The molecule has 3 aliphatic rings. The third-order valence-corrected chi connectivity index (χ3v) is 8.20. The van der Waals surface area contributed by atoms with Crippen LogP contribution in [0.3, 0.4) is 0 Å². The number of hydrogen-bond donors (Lipinski definition) is 0. The number of carbonyl (C=O) groups is 1. The maximum absolute atomic E-state index is 12.8. The van der Waals surface area contributed by atoms with Gasteiger partial charge in [0, 0.05) is 38.2 Å². The van der Waals surface area contributed by atoms with Gasteiger partial charge in [0.2, 0.25) is 0 Å². The number of hydrogen-bond acceptors (Lipinski definition) is 7. The van der Waals surface area contributed by atoms with Crippen LogP contribution in [0.1, 0.15) is 58.9 Å². The lowest BCUT2D eigenvalue weighted by atomic mass is 10.2. The Balaban J connectivity index is 1.27. The van der Waals surface area contributed by atoms with E-state index in [2.05, 4.69) is 15.2 Å². The first-order valence-corrected chi connectivity index (χ1v) is 12.4. The summed E-state index contributed by atoms with van der Waals surface area (Å²) in [4.78, 5) is 16.9. The molecule has 5 rings (SSSR count). The molecule has 0 radical (unpaired) electrons. The topological polar surface area (TPSA) is 102 Å². The lowest BCUT2D eigenvalue weighted by Crippen LogP contribution is -2.49. The average Bonchev–Trinajstić information content (AvgIpc) is 3.21. The Hall–Kier alpha value is -2.36. The third kappa shape index (κ3) is 3.51. The molecule has 0 bridgehead atoms. The van der Waals surface area contributed by atoms with Crippen LogP contribution in [0.4, 0.5) is 5.69 Å². The lowest BCUT2D eigenvalue weighted by molar-refractivity contribution is 0.0736. The minimum absolute atomic E-state index is 0.0781. The van der Waals surface area contributed by atoms with E-state index in [4.69, 9.17) is 4.52 Å². The summed E-state index contributed by atoms with van der Waals surface area (Å²) >= 11 is 0. The van der Waals surface area contributed by atoms with Crippen molar-refractivity contribution in [2.75, 3.05) is 42.6 Å². The lowest BCUT2D eigenvalue weighted by Gasteiger charge is -2.36. The van der Waals surface area contributed by atoms with Crippen molar-refractivity contribution in [1.29, 1.82) is 0 Å². The van der Waals surface area contributed by atoms with Crippen molar-refractivity contribution >= 4 is 21.4 Å². The number of piperazine rings is 1. The summed E-state index contributed by atoms with van der Waals surface area (Å²) in [6, 6.07) is 1.71. The van der Waals surface area contributed by atoms with Gasteiger partial charge in [-0.15, -0.1) is 0 Å². The second kappa shape index (κ2) is 7.11. The van der Waals surface area contributed by atoms with Gasteiger partial charge in [-0.25, -0.2) is 8.42 Å². The first kappa shape index (κ1) is 19.6. The van der Waals surface area contributed by atoms with Crippen molar-refractivity contribution < 1.29 is 17.7 Å². The monoisotopic (exact) mass is 433 g/mol. The molecule has 0 N–H and O–H groups in total. The fourth-order valence-corrected chi connectivity index (χ4v) is 6.37. The first-order valence-electron chi connectivity index (χ1n) is 10.6. The molecule has 2 aromatic rings. The molecule has 1 saturated carbocycles. The van der Waals surface area contributed by atoms with Crippen LogP contribution < -0.4 is 4.90 Å². The predicted molar refractivity (Wildman–Crippen MR) is 111 cm³/mol. The minimum atomic E-state index is -2.96. The van der Waals surface area contributed by atoms with Gasteiger partial charge in [-0.05, 0) is 33.1 Å². The van der Waals surface area contributed by atoms with Crippen molar-refractivity contribution in [2.45, 2.75) is 45.1 Å². The molecule has 4 heterocycles. The molecule has 2 aromatic heterocycles. The van der Waals surface area contributed by atoms with Crippen LogP contribution in [0, 0.1) is 13.8 Å². The smallest absolute Gasteiger partial charge is 0.276 e. The number of amides is 1. The third-order valence-electron chi connectivity index (χ3n) is 6.45. The molecule has 9 nitrogen and oxygen atoms in total. The van der Waals surface area contributed by atoms with E-state index >= 15 is 0 Å². The fraction of sp³-hybridized carbons (Fsp3) is 0.650. The van der Waals surface area contributed by atoms with Crippen LogP contribution in [-0.2, 0) is 9.84 Å². The number of carbonyl (C=O) groups excluding carboxylic acids is 1. The number of anilines is 1. The van der Waals surface area contributed by atoms with Gasteiger partial charge in [0.05, 0.1) is 34.6 Å². The molecule has 10 heteroatoms. The summed E-state index contributed by atoms with van der Waals surface area (Å²) in [6.45, 7) is 6.59. The molecule has 30 heavy (non-hydrogen) atoms. The zero-order chi connectivity index (χ0) is 21.0. The molecule has 1 aliphatic carbocycles. The number of aromatic nitrogens is 3. The van der Waals surface area contributed by atoms with E-state index in [1.165, 1.54) is 0 Å². The van der Waals surface area contributed by atoms with Gasteiger partial charge in [-0.1, -0.05) is 5.16 Å². The first-order chi connectivity index (χ1) is 14.3. The molecular weight excluding hydrogens is 406 g/mol. The number of sulfone groups is 1. The zero-order valence-electron chi connectivity index (χ0n) is 17.4. The summed E-state index contributed by atoms with van der Waals surface area (Å²) in [6.07, 6.45) is 2.84. The largest absolute Gasteiger partial charge is 0.365 e. The van der Waals surface area contributed by atoms with E-state index in [9.17, 15) is 13.2 Å². The van der Waals surface area contributed by atoms with Crippen molar-refractivity contribution in [1.82, 2.24) is 19.8 Å². The van der Waals surface area contributed by atoms with E-state index in [1.807, 2.05) is 23.4 Å². The summed E-state index contributed by atoms with van der Waals surface area (Å²) in [7, 11) is -2.96. The Morgan fingerprint density at radius 3 is 2.50 bits per heavy atom. The quantitative estimate of drug-likeness (QED) is 0.723. The van der Waals surface area contributed by atoms with Gasteiger partial charge in [0.25, 0.3) is 5.91 Å². The Kier molecular flexibility index (Phi) is 4.64. The van der Waals surface area contributed by atoms with Crippen molar-refractivity contribution in [2.24, 2.45) is 0 Å². The van der Waals surface area contributed by atoms with Gasteiger partial charge in [-0.3, -0.25) is 9.48 Å². The Morgan fingerprint density at radius 2 is 1.87 bits per heavy atom. The Morgan fingerprint density at radius 1 is 1.13 bits per heavy atom. The van der Waals surface area contributed by atoms with Gasteiger partial charge in [-0.2, -0.15) is 5.10 Å². The maximum atomic E-state index is 12.8. The van der Waals surface area contributed by atoms with Crippen molar-refractivity contribution in [3.8, 4) is 0 Å². The van der Waals surface area contributed by atoms with Gasteiger partial charge in [0.1, 0.15) is 5.76 Å². The normalized spacial score (nSPS) is 23.9. The van der Waals surface area contributed by atoms with E-state index in [1.54, 1.807) is 6.07 Å². The number of rotatable bonds is 4. The molecule has 1 atom stereocenters. The van der Waals surface area contributed by atoms with Gasteiger partial charge < -0.3 is 14.3 Å². The molecular formula is C20H27N5O4S. The van der Waals surface area contributed by atoms with Crippen LogP contribution in [0.5, 0.6) is 0 Å². The molecule has 162 valence electrons. The van der Waals surface area contributed by atoms with E-state index in [0.717, 1.165) is 35.7 Å². The minimum Gasteiger partial charge on any atom is -0.365 e. The molecule has 0 spiro atoms. The second-order valence-corrected chi connectivity index (χ2v) is 10.9.